The molecule has 3 aromatic rings. The van der Waals surface area contributed by atoms with Crippen molar-refractivity contribution in [2.24, 2.45) is 0 Å². The van der Waals surface area contributed by atoms with Crippen LogP contribution < -0.4 is 24.8 Å². The van der Waals surface area contributed by atoms with E-state index in [1.807, 2.05) is 30.5 Å². The molecule has 0 aliphatic heterocycles. The van der Waals surface area contributed by atoms with Gasteiger partial charge < -0.3 is 24.8 Å². The highest BCUT2D eigenvalue weighted by atomic mass is 32.1. The molecule has 3 rings (SSSR count). The lowest BCUT2D eigenvalue weighted by molar-refractivity contribution is -0.113. The lowest BCUT2D eigenvalue weighted by Gasteiger charge is -2.14. The molecule has 1 aromatic heterocycles. The molecule has 0 aliphatic rings. The Morgan fingerprint density at radius 1 is 0.969 bits per heavy atom. The van der Waals surface area contributed by atoms with E-state index in [9.17, 15) is 9.59 Å². The van der Waals surface area contributed by atoms with Gasteiger partial charge in [0, 0.05) is 10.4 Å². The Labute approximate surface area is 190 Å². The topological polar surface area (TPSA) is 85.9 Å². The standard InChI is InChI=1S/C24H24N2O5S/c1-4-31-20-10-6-5-9-18(20)25-24(28)19(15-17-8-7-13-32-17)26-23(27)16-11-12-21(29-2)22(14-16)30-3/h5-15H,4H2,1-3H3,(H,25,28)(H,26,27)/b19-15-. The second kappa shape index (κ2) is 11.0. The molecule has 0 saturated heterocycles. The van der Waals surface area contributed by atoms with E-state index < -0.39 is 11.8 Å². The van der Waals surface area contributed by atoms with E-state index in [1.54, 1.807) is 42.5 Å². The summed E-state index contributed by atoms with van der Waals surface area (Å²) < 4.78 is 16.1. The molecule has 0 unspecified atom stereocenters. The Balaban J connectivity index is 1.87. The fourth-order valence-corrected chi connectivity index (χ4v) is 3.54. The van der Waals surface area contributed by atoms with Crippen molar-refractivity contribution < 1.29 is 23.8 Å². The molecule has 32 heavy (non-hydrogen) atoms. The third-order valence-electron chi connectivity index (χ3n) is 4.40. The molecule has 2 amide bonds. The van der Waals surface area contributed by atoms with Crippen molar-refractivity contribution in [3.8, 4) is 17.2 Å². The van der Waals surface area contributed by atoms with E-state index in [2.05, 4.69) is 10.6 Å². The van der Waals surface area contributed by atoms with Crippen LogP contribution in [0.25, 0.3) is 6.08 Å². The number of ether oxygens (including phenoxy) is 3. The van der Waals surface area contributed by atoms with Crippen molar-refractivity contribution >= 4 is 34.9 Å². The van der Waals surface area contributed by atoms with Gasteiger partial charge in [0.2, 0.25) is 0 Å². The summed E-state index contributed by atoms with van der Waals surface area (Å²) in [5, 5.41) is 7.42. The minimum Gasteiger partial charge on any atom is -0.493 e. The van der Waals surface area contributed by atoms with Crippen LogP contribution in [0.15, 0.2) is 65.7 Å². The molecule has 2 N–H and O–H groups in total. The molecular weight excluding hydrogens is 428 g/mol. The van der Waals surface area contributed by atoms with E-state index in [1.165, 1.54) is 25.6 Å². The summed E-state index contributed by atoms with van der Waals surface area (Å²) in [6, 6.07) is 15.6. The Morgan fingerprint density at radius 3 is 2.44 bits per heavy atom. The average molecular weight is 453 g/mol. The first-order valence-electron chi connectivity index (χ1n) is 9.87. The van der Waals surface area contributed by atoms with Gasteiger partial charge in [0.15, 0.2) is 11.5 Å². The fraction of sp³-hybridized carbons (Fsp3) is 0.167. The predicted molar refractivity (Wildman–Crippen MR) is 126 cm³/mol. The van der Waals surface area contributed by atoms with Gasteiger partial charge >= 0.3 is 0 Å². The fourth-order valence-electron chi connectivity index (χ4n) is 2.89. The third kappa shape index (κ3) is 5.67. The zero-order valence-corrected chi connectivity index (χ0v) is 18.8. The van der Waals surface area contributed by atoms with Crippen LogP contribution in [0.3, 0.4) is 0 Å². The smallest absolute Gasteiger partial charge is 0.272 e. The van der Waals surface area contributed by atoms with Crippen molar-refractivity contribution in [2.45, 2.75) is 6.92 Å². The number of amides is 2. The maximum atomic E-state index is 13.1. The Hall–Kier alpha value is -3.78. The Kier molecular flexibility index (Phi) is 7.88. The lowest BCUT2D eigenvalue weighted by Crippen LogP contribution is -2.30. The molecule has 0 atom stereocenters. The van der Waals surface area contributed by atoms with E-state index >= 15 is 0 Å². The van der Waals surface area contributed by atoms with Gasteiger partial charge in [-0.1, -0.05) is 18.2 Å². The Bertz CT molecular complexity index is 1110. The molecule has 166 valence electrons. The molecule has 7 nitrogen and oxygen atoms in total. The summed E-state index contributed by atoms with van der Waals surface area (Å²) in [4.78, 5) is 26.8. The average Bonchev–Trinajstić information content (AvgIpc) is 3.32. The van der Waals surface area contributed by atoms with Gasteiger partial charge in [-0.3, -0.25) is 9.59 Å². The maximum Gasteiger partial charge on any atom is 0.272 e. The largest absolute Gasteiger partial charge is 0.493 e. The van der Waals surface area contributed by atoms with Crippen molar-refractivity contribution in [1.29, 1.82) is 0 Å². The number of thiophene rings is 1. The lowest BCUT2D eigenvalue weighted by atomic mass is 10.1. The molecule has 0 fully saturated rings. The summed E-state index contributed by atoms with van der Waals surface area (Å²) in [6.07, 6.45) is 1.63. The highest BCUT2D eigenvalue weighted by molar-refractivity contribution is 7.10. The highest BCUT2D eigenvalue weighted by Gasteiger charge is 2.18. The molecule has 1 heterocycles. The summed E-state index contributed by atoms with van der Waals surface area (Å²) in [7, 11) is 3.01. The molecule has 0 radical (unpaired) electrons. The van der Waals surface area contributed by atoms with E-state index in [0.29, 0.717) is 35.1 Å². The van der Waals surface area contributed by atoms with E-state index in [0.717, 1.165) is 4.88 Å². The van der Waals surface area contributed by atoms with Crippen LogP contribution in [0.5, 0.6) is 17.2 Å². The van der Waals surface area contributed by atoms with Gasteiger partial charge in [0.1, 0.15) is 11.4 Å². The molecule has 0 bridgehead atoms. The number of carbonyl (C=O) groups excluding carboxylic acids is 2. The maximum absolute atomic E-state index is 13.1. The van der Waals surface area contributed by atoms with E-state index in [4.69, 9.17) is 14.2 Å². The van der Waals surface area contributed by atoms with Gasteiger partial charge in [-0.25, -0.2) is 0 Å². The number of methoxy groups -OCH3 is 2. The van der Waals surface area contributed by atoms with Crippen LogP contribution in [0, 0.1) is 0 Å². The second-order valence-corrected chi connectivity index (χ2v) is 7.46. The summed E-state index contributed by atoms with van der Waals surface area (Å²) in [6.45, 7) is 2.32. The minimum atomic E-state index is -0.473. The molecule has 2 aromatic carbocycles. The highest BCUT2D eigenvalue weighted by Crippen LogP contribution is 2.28. The number of hydrogen-bond acceptors (Lipinski definition) is 6. The van der Waals surface area contributed by atoms with Crippen LogP contribution >= 0.6 is 11.3 Å². The summed E-state index contributed by atoms with van der Waals surface area (Å²) in [5.41, 5.74) is 0.928. The van der Waals surface area contributed by atoms with Gasteiger partial charge in [-0.15, -0.1) is 11.3 Å². The number of carbonyl (C=O) groups is 2. The van der Waals surface area contributed by atoms with Crippen molar-refractivity contribution in [1.82, 2.24) is 5.32 Å². The van der Waals surface area contributed by atoms with Crippen molar-refractivity contribution in [3.63, 3.8) is 0 Å². The first kappa shape index (κ1) is 22.9. The first-order valence-corrected chi connectivity index (χ1v) is 10.8. The third-order valence-corrected chi connectivity index (χ3v) is 5.22. The predicted octanol–water partition coefficient (Wildman–Crippen LogP) is 4.57. The monoisotopic (exact) mass is 452 g/mol. The number of hydrogen-bond donors (Lipinski definition) is 2. The van der Waals surface area contributed by atoms with Gasteiger partial charge in [0.05, 0.1) is 26.5 Å². The van der Waals surface area contributed by atoms with Gasteiger partial charge in [-0.05, 0) is 54.8 Å². The number of benzene rings is 2. The summed E-state index contributed by atoms with van der Waals surface area (Å²) >= 11 is 1.45. The Morgan fingerprint density at radius 2 is 1.75 bits per heavy atom. The van der Waals surface area contributed by atoms with Crippen LogP contribution in [-0.2, 0) is 4.79 Å². The SMILES string of the molecule is CCOc1ccccc1NC(=O)/C(=C/c1cccs1)NC(=O)c1ccc(OC)c(OC)c1. The number of anilines is 1. The molecule has 0 aliphatic carbocycles. The normalized spacial score (nSPS) is 10.9. The van der Waals surface area contributed by atoms with Crippen molar-refractivity contribution in [3.05, 3.63) is 76.1 Å². The van der Waals surface area contributed by atoms with Crippen LogP contribution in [0.2, 0.25) is 0 Å². The zero-order chi connectivity index (χ0) is 22.9. The van der Waals surface area contributed by atoms with Gasteiger partial charge in [-0.2, -0.15) is 0 Å². The molecular formula is C24H24N2O5S. The second-order valence-electron chi connectivity index (χ2n) is 6.48. The van der Waals surface area contributed by atoms with Crippen LogP contribution in [0.1, 0.15) is 22.2 Å². The number of para-hydroxylation sites is 2. The van der Waals surface area contributed by atoms with Crippen LogP contribution in [0.4, 0.5) is 5.69 Å². The summed E-state index contributed by atoms with van der Waals surface area (Å²) in [5.74, 6) is 0.536. The van der Waals surface area contributed by atoms with Crippen LogP contribution in [-0.4, -0.2) is 32.6 Å². The first-order chi connectivity index (χ1) is 15.5. The van der Waals surface area contributed by atoms with Gasteiger partial charge in [0.25, 0.3) is 11.8 Å². The number of nitrogens with one attached hydrogen (secondary N) is 2. The molecule has 0 saturated carbocycles. The zero-order valence-electron chi connectivity index (χ0n) is 18.0. The van der Waals surface area contributed by atoms with Crippen molar-refractivity contribution in [2.75, 3.05) is 26.1 Å². The minimum absolute atomic E-state index is 0.0959. The molecule has 8 heteroatoms. The quantitative estimate of drug-likeness (QED) is 0.465. The number of rotatable bonds is 9. The van der Waals surface area contributed by atoms with E-state index in [-0.39, 0.29) is 5.70 Å². The molecule has 0 spiro atoms.